The van der Waals surface area contributed by atoms with Crippen LogP contribution in [0.25, 0.3) is 0 Å². The van der Waals surface area contributed by atoms with E-state index in [1.54, 1.807) is 13.8 Å². The second-order valence-electron chi connectivity index (χ2n) is 24.2. The van der Waals surface area contributed by atoms with E-state index >= 15 is 0 Å². The largest absolute Gasteiger partial charge is 0.481 e. The van der Waals surface area contributed by atoms with Gasteiger partial charge in [0.25, 0.3) is 0 Å². The molecule has 0 aliphatic carbocycles. The van der Waals surface area contributed by atoms with E-state index in [9.17, 15) is 43.5 Å². The molecular weight excluding hydrogens is 1310 g/mol. The van der Waals surface area contributed by atoms with E-state index in [0.717, 1.165) is 44.5 Å². The molecule has 98 heavy (non-hydrogen) atoms. The Bertz CT molecular complexity index is 3750. The van der Waals surface area contributed by atoms with Crippen LogP contribution in [-0.4, -0.2) is 101 Å². The number of alkyl carbamates (subject to hydrolysis) is 2. The van der Waals surface area contributed by atoms with Gasteiger partial charge >= 0.3 is 18.2 Å². The maximum absolute atomic E-state index is 14.0. The molecule has 2 radical (unpaired) electrons. The molecular formula is C79H86N4O13V2. The number of nitrogens with one attached hydrogen (secondary N) is 3. The Kier molecular flexibility index (Phi) is 33.0. The number of carboxylic acid groups (broad SMARTS) is 1. The van der Waals surface area contributed by atoms with Crippen molar-refractivity contribution >= 4 is 47.2 Å². The molecule has 17 nitrogen and oxygen atoms in total. The van der Waals surface area contributed by atoms with Crippen LogP contribution in [0.15, 0.2) is 243 Å². The number of carboxylic acids is 1. The molecule has 2 saturated heterocycles. The molecule has 8 aromatic rings. The number of carbonyl (C=O) groups excluding carboxylic acids is 7. The topological polar surface area (TPSA) is 262 Å². The summed E-state index contributed by atoms with van der Waals surface area (Å²) in [5.74, 6) is -4.01. The quantitative estimate of drug-likeness (QED) is 0.0253. The molecule has 510 valence electrons. The Hall–Kier alpha value is -9.03. The second kappa shape index (κ2) is 40.6. The average molecular weight is 1400 g/mol. The van der Waals surface area contributed by atoms with E-state index in [-0.39, 0.29) is 119 Å². The molecule has 10 rings (SSSR count). The monoisotopic (exact) mass is 1400 g/mol. The fraction of sp³-hybridized carbons (Fsp3) is 0.291. The molecule has 3 amide bonds. The number of hydrogen-bond donors (Lipinski definition) is 5. The third-order valence-corrected chi connectivity index (χ3v) is 16.4. The van der Waals surface area contributed by atoms with Crippen molar-refractivity contribution in [2.45, 2.75) is 121 Å². The molecule has 6 N–H and O–H groups in total. The van der Waals surface area contributed by atoms with Crippen molar-refractivity contribution in [3.05, 3.63) is 287 Å². The molecule has 0 unspecified atom stereocenters. The van der Waals surface area contributed by atoms with Crippen LogP contribution in [0, 0.1) is 11.8 Å². The first-order chi connectivity index (χ1) is 45.9. The van der Waals surface area contributed by atoms with Gasteiger partial charge in [0.2, 0.25) is 5.91 Å². The molecule has 8 aromatic carbocycles. The zero-order valence-corrected chi connectivity index (χ0v) is 57.2. The van der Waals surface area contributed by atoms with Crippen molar-refractivity contribution < 1.29 is 99.5 Å². The van der Waals surface area contributed by atoms with Crippen molar-refractivity contribution in [1.29, 1.82) is 0 Å². The minimum atomic E-state index is -1.04. The van der Waals surface area contributed by atoms with Gasteiger partial charge in [0.05, 0.1) is 43.3 Å². The van der Waals surface area contributed by atoms with Gasteiger partial charge in [-0.3, -0.25) is 28.8 Å². The summed E-state index contributed by atoms with van der Waals surface area (Å²) in [6, 6.07) is 71.9. The number of carbonyl (C=O) groups is 8. The average Bonchev–Trinajstić information content (AvgIpc) is 1.64. The van der Waals surface area contributed by atoms with Gasteiger partial charge in [-0.15, -0.1) is 0 Å². The van der Waals surface area contributed by atoms with Crippen LogP contribution in [-0.2, 0) is 137 Å². The summed E-state index contributed by atoms with van der Waals surface area (Å²) in [4.78, 5) is 104. The Morgan fingerprint density at radius 3 is 0.980 bits per heavy atom. The van der Waals surface area contributed by atoms with E-state index in [1.165, 1.54) is 0 Å². The molecule has 2 heterocycles. The van der Waals surface area contributed by atoms with E-state index in [2.05, 4.69) is 16.0 Å². The van der Waals surface area contributed by atoms with E-state index < -0.39 is 71.3 Å². The summed E-state index contributed by atoms with van der Waals surface area (Å²) < 4.78 is 21.2. The summed E-state index contributed by atoms with van der Waals surface area (Å²) in [5.41, 5.74) is 11.3. The standard InChI is InChI=1S/C39H40N2O6.C27H27NO5.C12H15NO2.CH4.2V/c1-39(27-47-39)36(43)34(24-30-18-10-4-11-19-30)40-37(44)32(22-28-14-6-2-7-15-28)25-35(42)33(23-29-16-8-3-9-17-29)41-38(45)46-26-31-20-12-5-13-21-31;29-25(18-23(26(30)31)16-20-10-4-1-5-11-20)24(17-21-12-6-2-7-13-21)28-27(32)33-19-22-14-8-3-9-15-22;1-12(8-15-12)11(14)10(13)7-9-5-3-2-4-6-9;;;/h2-21,32-34H,22-27H2,1H3,(H,40,44)(H,41,45);1-15,23-24H,16-19H2,(H,28,32)(H,30,31);2-6,10H,7-8,13H2,1H3;1H4;;/t32-,33-,34+,39-;23-,24-;10-,12+;;;/m110.../s1. The van der Waals surface area contributed by atoms with Crippen molar-refractivity contribution in [1.82, 2.24) is 16.0 Å². The van der Waals surface area contributed by atoms with Gasteiger partial charge in [0.1, 0.15) is 24.4 Å². The molecule has 0 bridgehead atoms. The number of hydrogen-bond acceptors (Lipinski definition) is 13. The predicted molar refractivity (Wildman–Crippen MR) is 367 cm³/mol. The van der Waals surface area contributed by atoms with Crippen molar-refractivity contribution in [2.24, 2.45) is 17.6 Å². The van der Waals surface area contributed by atoms with Gasteiger partial charge in [-0.05, 0) is 96.9 Å². The van der Waals surface area contributed by atoms with Gasteiger partial charge in [0.15, 0.2) is 23.1 Å². The Labute approximate surface area is 598 Å². The summed E-state index contributed by atoms with van der Waals surface area (Å²) in [7, 11) is 0. The SMILES string of the molecule is C.C[C@]1(C(=O)[C@@H](N)Cc2ccccc2)CO1.C[C@]1(C(=O)[C@H](Cc2ccccc2)NC(=O)[C@@H](CC(=O)[C@@H](Cc2ccccc2)NC(=O)OCc2ccccc2)Cc2ccccc2)CO1.O=C(N[C@H](Cc1ccccc1)C(=O)C[C@@H](Cc1ccccc1)C(=O)O)OCc1ccccc1.[V].[V]. The summed E-state index contributed by atoms with van der Waals surface area (Å²) in [5, 5.41) is 18.0. The van der Waals surface area contributed by atoms with Gasteiger partial charge in [-0.2, -0.15) is 0 Å². The number of amides is 3. The number of nitrogens with two attached hydrogens (primary N) is 1. The molecule has 0 spiro atoms. The molecule has 2 fully saturated rings. The summed E-state index contributed by atoms with van der Waals surface area (Å²) in [6.07, 6.45) is 0.0649. The van der Waals surface area contributed by atoms with Crippen LogP contribution in [0.3, 0.4) is 0 Å². The second-order valence-corrected chi connectivity index (χ2v) is 24.2. The number of ether oxygens (including phenoxy) is 4. The van der Waals surface area contributed by atoms with Crippen molar-refractivity contribution in [3.8, 4) is 0 Å². The van der Waals surface area contributed by atoms with Gasteiger partial charge < -0.3 is 45.7 Å². The zero-order valence-electron chi connectivity index (χ0n) is 54.4. The first-order valence-electron chi connectivity index (χ1n) is 31.8. The van der Waals surface area contributed by atoms with Gasteiger partial charge in [0, 0.05) is 55.9 Å². The van der Waals surface area contributed by atoms with Crippen LogP contribution < -0.4 is 21.7 Å². The van der Waals surface area contributed by atoms with E-state index in [0.29, 0.717) is 26.1 Å². The Morgan fingerprint density at radius 2 is 0.663 bits per heavy atom. The molecule has 0 saturated carbocycles. The predicted octanol–water partition coefficient (Wildman–Crippen LogP) is 11.4. The Balaban J connectivity index is 0.000000294. The number of benzene rings is 8. The van der Waals surface area contributed by atoms with Gasteiger partial charge in [-0.1, -0.05) is 250 Å². The summed E-state index contributed by atoms with van der Waals surface area (Å²) >= 11 is 0. The van der Waals surface area contributed by atoms with E-state index in [4.69, 9.17) is 24.7 Å². The molecule has 19 heteroatoms. The van der Waals surface area contributed by atoms with Crippen molar-refractivity contribution in [3.63, 3.8) is 0 Å². The van der Waals surface area contributed by atoms with Crippen molar-refractivity contribution in [2.75, 3.05) is 13.2 Å². The maximum atomic E-state index is 14.0. The molecule has 0 aromatic heterocycles. The fourth-order valence-corrected chi connectivity index (χ4v) is 10.6. The first kappa shape index (κ1) is 79.7. The number of epoxide rings is 2. The van der Waals surface area contributed by atoms with Crippen LogP contribution in [0.5, 0.6) is 0 Å². The third-order valence-electron chi connectivity index (χ3n) is 16.4. The molecule has 2 aliphatic rings. The normalized spacial score (nSPS) is 16.3. The number of Topliss-reactive ketones (excluding diaryl/α,β-unsaturated/α-hetero) is 4. The van der Waals surface area contributed by atoms with Gasteiger partial charge in [-0.25, -0.2) is 9.59 Å². The number of aliphatic carboxylic acids is 1. The van der Waals surface area contributed by atoms with Crippen LogP contribution >= 0.6 is 0 Å². The van der Waals surface area contributed by atoms with Crippen LogP contribution in [0.4, 0.5) is 9.59 Å². The number of ketones is 4. The third kappa shape index (κ3) is 26.8. The first-order valence-corrected chi connectivity index (χ1v) is 31.8. The fourth-order valence-electron chi connectivity index (χ4n) is 10.6. The smallest absolute Gasteiger partial charge is 0.408 e. The molecule has 8 atom stereocenters. The maximum Gasteiger partial charge on any atom is 0.408 e. The zero-order chi connectivity index (χ0) is 67.4. The van der Waals surface area contributed by atoms with E-state index in [1.807, 2.05) is 243 Å². The minimum absolute atomic E-state index is 0. The number of rotatable bonds is 31. The van der Waals surface area contributed by atoms with Crippen LogP contribution in [0.2, 0.25) is 0 Å². The van der Waals surface area contributed by atoms with Crippen LogP contribution in [0.1, 0.15) is 78.6 Å². The Morgan fingerprint density at radius 1 is 0.398 bits per heavy atom. The summed E-state index contributed by atoms with van der Waals surface area (Å²) in [6.45, 7) is 4.45. The molecule has 2 aliphatic heterocycles. The minimum Gasteiger partial charge on any atom is -0.481 e.